The summed E-state index contributed by atoms with van der Waals surface area (Å²) in [6, 6.07) is 5.52. The maximum absolute atomic E-state index is 11.8. The second-order valence-corrected chi connectivity index (χ2v) is 12.4. The molecule has 230 valence electrons. The monoisotopic (exact) mass is 600 g/mol. The number of nitrogens with zero attached hydrogens (tertiary/aromatic N) is 2. The van der Waals surface area contributed by atoms with E-state index in [4.69, 9.17) is 19.9 Å². The zero-order chi connectivity index (χ0) is 30.5. The Balaban J connectivity index is 1.70. The summed E-state index contributed by atoms with van der Waals surface area (Å²) in [7, 11) is -3.58. The number of aliphatic hydroxyl groups is 4. The number of nitrogens with one attached hydrogen (secondary N) is 1. The minimum absolute atomic E-state index is 0.0497. The van der Waals surface area contributed by atoms with Crippen molar-refractivity contribution in [3.63, 3.8) is 0 Å². The van der Waals surface area contributed by atoms with Crippen LogP contribution in [0, 0.1) is 6.92 Å². The van der Waals surface area contributed by atoms with Gasteiger partial charge in [-0.25, -0.2) is 8.42 Å². The molecule has 15 heteroatoms. The van der Waals surface area contributed by atoms with Crippen LogP contribution in [0.1, 0.15) is 48.6 Å². The van der Waals surface area contributed by atoms with Crippen molar-refractivity contribution in [1.82, 2.24) is 14.5 Å². The third-order valence-corrected chi connectivity index (χ3v) is 8.07. The lowest BCUT2D eigenvalue weighted by atomic mass is 9.96. The van der Waals surface area contributed by atoms with Gasteiger partial charge in [-0.15, -0.1) is 5.10 Å². The number of aliphatic hydroxyl groups excluding tert-OH is 4. The standard InChI is InChI=1S/C26H40N4O10S/c1-14(2)21-18(25(29-28-21)40-26-24(35)23(34)22(33)19(13-31)39-26)11-16-6-7-17(10-15(16)3)38-9-5-8-30(12-20(27)32)41(4,36)37/h6-7,10,14,19,22-24,26,31,33-35H,5,8-9,11-13H2,1-4H3,(H2,27,32)(H,28,29)/t19-,22-,23+,24-,26+/m1/s1. The Morgan fingerprint density at radius 3 is 2.51 bits per heavy atom. The third kappa shape index (κ3) is 8.38. The first-order valence-corrected chi connectivity index (χ1v) is 15.1. The molecule has 7 N–H and O–H groups in total. The maximum atomic E-state index is 11.8. The molecule has 0 bridgehead atoms. The van der Waals surface area contributed by atoms with Gasteiger partial charge in [0.15, 0.2) is 0 Å². The summed E-state index contributed by atoms with van der Waals surface area (Å²) in [5, 5.41) is 47.3. The number of aromatic amines is 1. The van der Waals surface area contributed by atoms with Gasteiger partial charge in [0.1, 0.15) is 30.2 Å². The van der Waals surface area contributed by atoms with Crippen molar-refractivity contribution in [2.24, 2.45) is 5.73 Å². The number of hydrogen-bond donors (Lipinski definition) is 6. The summed E-state index contributed by atoms with van der Waals surface area (Å²) in [5.74, 6) is 0.0569. The highest BCUT2D eigenvalue weighted by Gasteiger charge is 2.45. The second-order valence-electron chi connectivity index (χ2n) is 10.4. The van der Waals surface area contributed by atoms with Crippen LogP contribution in [0.4, 0.5) is 0 Å². The highest BCUT2D eigenvalue weighted by Crippen LogP contribution is 2.32. The van der Waals surface area contributed by atoms with Gasteiger partial charge in [-0.3, -0.25) is 9.89 Å². The molecule has 0 saturated carbocycles. The Bertz CT molecular complexity index is 1280. The first-order chi connectivity index (χ1) is 19.2. The zero-order valence-corrected chi connectivity index (χ0v) is 24.4. The second kappa shape index (κ2) is 13.9. The minimum Gasteiger partial charge on any atom is -0.494 e. The van der Waals surface area contributed by atoms with Crippen LogP contribution in [-0.2, 0) is 26.0 Å². The number of sulfonamides is 1. The number of primary amides is 1. The van der Waals surface area contributed by atoms with Crippen molar-refractivity contribution in [3.05, 3.63) is 40.6 Å². The molecule has 5 atom stereocenters. The molecule has 2 heterocycles. The van der Waals surface area contributed by atoms with Gasteiger partial charge in [0.2, 0.25) is 28.1 Å². The number of carbonyl (C=O) groups excluding carboxylic acids is 1. The Labute approximate surface area is 239 Å². The molecule has 1 aromatic heterocycles. The molecule has 1 aromatic carbocycles. The SMILES string of the molecule is Cc1cc(OCCCN(CC(N)=O)S(C)(=O)=O)ccc1Cc1c(O[C@@H]2O[C@H](CO)[C@@H](O)[C@H](O)[C@H]2O)n[nH]c1C(C)C. The van der Waals surface area contributed by atoms with Gasteiger partial charge in [0.25, 0.3) is 0 Å². The van der Waals surface area contributed by atoms with Crippen LogP contribution in [-0.4, -0.2) is 113 Å². The van der Waals surface area contributed by atoms with E-state index >= 15 is 0 Å². The molecule has 1 amide bonds. The summed E-state index contributed by atoms with van der Waals surface area (Å²) in [6.45, 7) is 5.22. The Morgan fingerprint density at radius 1 is 1.22 bits per heavy atom. The molecule has 1 aliphatic heterocycles. The van der Waals surface area contributed by atoms with Gasteiger partial charge in [0.05, 0.1) is 26.0 Å². The van der Waals surface area contributed by atoms with E-state index in [1.54, 1.807) is 6.07 Å². The molecule has 0 aliphatic carbocycles. The van der Waals surface area contributed by atoms with E-state index in [-0.39, 0.29) is 31.5 Å². The lowest BCUT2D eigenvalue weighted by Crippen LogP contribution is -2.60. The number of amides is 1. The maximum Gasteiger partial charge on any atom is 0.238 e. The smallest absolute Gasteiger partial charge is 0.238 e. The van der Waals surface area contributed by atoms with E-state index in [9.17, 15) is 33.6 Å². The predicted octanol–water partition coefficient (Wildman–Crippen LogP) is -0.873. The molecule has 3 rings (SSSR count). The minimum atomic E-state index is -3.58. The Hall–Kier alpha value is -2.79. The van der Waals surface area contributed by atoms with Crippen LogP contribution in [0.3, 0.4) is 0 Å². The topological polar surface area (TPSA) is 218 Å². The number of rotatable bonds is 14. The number of H-pyrrole nitrogens is 1. The highest BCUT2D eigenvalue weighted by atomic mass is 32.2. The van der Waals surface area contributed by atoms with Crippen LogP contribution in [0.15, 0.2) is 18.2 Å². The normalized spacial score (nSPS) is 23.2. The predicted molar refractivity (Wildman–Crippen MR) is 147 cm³/mol. The van der Waals surface area contributed by atoms with E-state index in [0.29, 0.717) is 24.2 Å². The summed E-state index contributed by atoms with van der Waals surface area (Å²) < 4.78 is 41.8. The quantitative estimate of drug-likeness (QED) is 0.146. The number of hydrogen-bond acceptors (Lipinski definition) is 11. The Morgan fingerprint density at radius 2 is 1.93 bits per heavy atom. The van der Waals surface area contributed by atoms with Crippen molar-refractivity contribution in [3.8, 4) is 11.6 Å². The lowest BCUT2D eigenvalue weighted by molar-refractivity contribution is -0.278. The number of ether oxygens (including phenoxy) is 3. The van der Waals surface area contributed by atoms with Crippen LogP contribution in [0.2, 0.25) is 0 Å². The summed E-state index contributed by atoms with van der Waals surface area (Å²) in [5.41, 5.74) is 8.49. The number of aryl methyl sites for hydroxylation is 1. The van der Waals surface area contributed by atoms with E-state index < -0.39 is 53.2 Å². The molecule has 0 unspecified atom stereocenters. The average molecular weight is 601 g/mol. The summed E-state index contributed by atoms with van der Waals surface area (Å²) in [6.07, 6.45) is -5.36. The van der Waals surface area contributed by atoms with Crippen LogP contribution in [0.25, 0.3) is 0 Å². The summed E-state index contributed by atoms with van der Waals surface area (Å²) in [4.78, 5) is 11.2. The fourth-order valence-corrected chi connectivity index (χ4v) is 5.32. The Kier molecular flexibility index (Phi) is 11.1. The zero-order valence-electron chi connectivity index (χ0n) is 23.6. The molecule has 14 nitrogen and oxygen atoms in total. The van der Waals surface area contributed by atoms with Crippen LogP contribution < -0.4 is 15.2 Å². The van der Waals surface area contributed by atoms with Crippen molar-refractivity contribution < 1.29 is 47.8 Å². The van der Waals surface area contributed by atoms with Crippen molar-refractivity contribution >= 4 is 15.9 Å². The fourth-order valence-electron chi connectivity index (χ4n) is 4.50. The average Bonchev–Trinajstić information content (AvgIpc) is 3.29. The molecule has 1 saturated heterocycles. The molecule has 0 spiro atoms. The first-order valence-electron chi connectivity index (χ1n) is 13.2. The number of carbonyl (C=O) groups is 1. The number of aromatic nitrogens is 2. The van der Waals surface area contributed by atoms with E-state index in [1.807, 2.05) is 32.9 Å². The van der Waals surface area contributed by atoms with Gasteiger partial charge in [-0.1, -0.05) is 19.9 Å². The molecule has 41 heavy (non-hydrogen) atoms. The van der Waals surface area contributed by atoms with E-state index in [0.717, 1.165) is 27.4 Å². The number of benzene rings is 1. The third-order valence-electron chi connectivity index (χ3n) is 6.82. The first kappa shape index (κ1) is 32.7. The largest absolute Gasteiger partial charge is 0.494 e. The lowest BCUT2D eigenvalue weighted by Gasteiger charge is -2.39. The summed E-state index contributed by atoms with van der Waals surface area (Å²) >= 11 is 0. The molecular weight excluding hydrogens is 560 g/mol. The molecule has 1 aliphatic rings. The van der Waals surface area contributed by atoms with Gasteiger partial charge < -0.3 is 40.4 Å². The molecule has 2 aromatic rings. The van der Waals surface area contributed by atoms with Gasteiger partial charge in [0, 0.05) is 24.2 Å². The fraction of sp³-hybridized carbons (Fsp3) is 0.615. The van der Waals surface area contributed by atoms with E-state index in [2.05, 4.69) is 10.2 Å². The van der Waals surface area contributed by atoms with Crippen molar-refractivity contribution in [2.75, 3.05) is 32.6 Å². The van der Waals surface area contributed by atoms with Crippen LogP contribution >= 0.6 is 0 Å². The molecule has 0 radical (unpaired) electrons. The van der Waals surface area contributed by atoms with Crippen molar-refractivity contribution in [1.29, 1.82) is 0 Å². The van der Waals surface area contributed by atoms with E-state index in [1.165, 1.54) is 0 Å². The van der Waals surface area contributed by atoms with Gasteiger partial charge in [-0.05, 0) is 42.5 Å². The highest BCUT2D eigenvalue weighted by molar-refractivity contribution is 7.88. The van der Waals surface area contributed by atoms with Crippen molar-refractivity contribution in [2.45, 2.75) is 70.2 Å². The van der Waals surface area contributed by atoms with Crippen LogP contribution in [0.5, 0.6) is 11.6 Å². The number of nitrogens with two attached hydrogens (primary N) is 1. The van der Waals surface area contributed by atoms with Gasteiger partial charge >= 0.3 is 0 Å². The molecule has 1 fully saturated rings. The van der Waals surface area contributed by atoms with Gasteiger partial charge in [-0.2, -0.15) is 4.31 Å². The molecular formula is C26H40N4O10S.